The van der Waals surface area contributed by atoms with Gasteiger partial charge < -0.3 is 0 Å². The van der Waals surface area contributed by atoms with E-state index in [4.69, 9.17) is 25.2 Å². The Hall–Kier alpha value is -2.13. The van der Waals surface area contributed by atoms with Gasteiger partial charge in [-0.3, -0.25) is 0 Å². The monoisotopic (exact) mass is 1420 g/mol. The third kappa shape index (κ3) is 20.8. The van der Waals surface area contributed by atoms with E-state index in [-0.39, 0.29) is 40.8 Å². The summed E-state index contributed by atoms with van der Waals surface area (Å²) >= 11 is -0.629. The molecule has 3 heterocycles. The van der Waals surface area contributed by atoms with Crippen LogP contribution in [-0.2, 0) is 20.1 Å². The van der Waals surface area contributed by atoms with Crippen molar-refractivity contribution in [2.45, 2.75) is 411 Å². The van der Waals surface area contributed by atoms with Gasteiger partial charge in [0.1, 0.15) is 0 Å². The van der Waals surface area contributed by atoms with Gasteiger partial charge in [0.2, 0.25) is 0 Å². The third-order valence-corrected chi connectivity index (χ3v) is 25.7. The van der Waals surface area contributed by atoms with E-state index in [0.717, 1.165) is 60.5 Å². The van der Waals surface area contributed by atoms with Crippen LogP contribution in [0.25, 0.3) is 44.3 Å². The van der Waals surface area contributed by atoms with Crippen LogP contribution < -0.4 is 10.9 Å². The Morgan fingerprint density at radius 3 is 0.883 bits per heavy atom. The summed E-state index contributed by atoms with van der Waals surface area (Å²) in [6.45, 7) is 18.0. The summed E-state index contributed by atoms with van der Waals surface area (Å²) in [6, 6.07) is 10.2. The van der Waals surface area contributed by atoms with Crippen molar-refractivity contribution < 1.29 is 19.4 Å². The minimum atomic E-state index is -1.62. The molecule has 94 heavy (non-hydrogen) atoms. The van der Waals surface area contributed by atoms with Gasteiger partial charge in [0.25, 0.3) is 0 Å². The summed E-state index contributed by atoms with van der Waals surface area (Å²) < 4.78 is 35.4. The van der Waals surface area contributed by atoms with Gasteiger partial charge in [-0.1, -0.05) is 182 Å². The molecule has 1 saturated heterocycles. The number of aromatic nitrogens is 4. The first-order valence-electron chi connectivity index (χ1n) is 40.4. The third-order valence-electron chi connectivity index (χ3n) is 23.5. The van der Waals surface area contributed by atoms with Crippen LogP contribution in [0.3, 0.4) is 0 Å². The minimum absolute atomic E-state index is 0.249. The second-order valence-electron chi connectivity index (χ2n) is 31.3. The Morgan fingerprint density at radius 2 is 0.585 bits per heavy atom. The van der Waals surface area contributed by atoms with Gasteiger partial charge in [-0.25, -0.2) is 0 Å². The zero-order valence-corrected chi connectivity index (χ0v) is 65.0. The summed E-state index contributed by atoms with van der Waals surface area (Å²) in [7, 11) is -2.15. The van der Waals surface area contributed by atoms with Crippen molar-refractivity contribution in [1.29, 1.82) is 0 Å². The van der Waals surface area contributed by atoms with E-state index in [9.17, 15) is 10.0 Å². The molecule has 0 spiro atoms. The first kappa shape index (κ1) is 77.6. The molecule has 8 rings (SSSR count). The quantitative estimate of drug-likeness (QED) is 0.0293. The molecule has 0 saturated carbocycles. The molecule has 1 fully saturated rings. The molecule has 0 radical (unpaired) electrons. The van der Waals surface area contributed by atoms with E-state index in [1.807, 2.05) is 0 Å². The van der Waals surface area contributed by atoms with Gasteiger partial charge in [-0.05, 0) is 0 Å². The summed E-state index contributed by atoms with van der Waals surface area (Å²) in [5.74, 6) is 0. The van der Waals surface area contributed by atoms with Gasteiger partial charge in [-0.2, -0.15) is 0 Å². The molecule has 3 aliphatic rings. The van der Waals surface area contributed by atoms with E-state index in [1.54, 1.807) is 0 Å². The normalized spacial score (nSPS) is 15.7. The van der Waals surface area contributed by atoms with Crippen LogP contribution in [0.15, 0.2) is 24.3 Å². The number of nitrogens with zero attached hydrogens (tertiary/aromatic N) is 4. The van der Waals surface area contributed by atoms with Crippen molar-refractivity contribution in [3.63, 3.8) is 0 Å². The van der Waals surface area contributed by atoms with Crippen LogP contribution in [-0.4, -0.2) is 81.3 Å². The van der Waals surface area contributed by atoms with E-state index >= 15 is 0 Å². The molecule has 12 heteroatoms. The maximum atomic E-state index is 11.4. The fourth-order valence-electron chi connectivity index (χ4n) is 17.1. The molecular weight excluding hydrogens is 1280 g/mol. The molecule has 2 aliphatic carbocycles. The molecule has 524 valence electrons. The number of rotatable bonds is 54. The standard InChI is InChI=1S/C82H134B2N4O4Se2/c1-9-13-17-21-25-29-33-37-41-45-49-53-57-81(58-54-50-46-42-38-34-30-26-22-18-14-10-2)67-62-66-68(61-65(67)73-69(81)63-71(83(89)90)75-77(73)87-93-85-75)82(59-55-51-47-43-39-35-31-27-23-19-15-11-3,60-56-52-48-44-40-36-32-28-24-20-16-12-4)70-64-72(76-78(74(66)70)88-94-86-76)84-91-79(5,6)80(7,8)92-84/h61-64,89-90H,9-60H2,1-8H3. The molecular formula is C82H134B2N4O4Se2. The number of unbranched alkanes of at least 4 members (excludes halogenated alkanes) is 44. The van der Waals surface area contributed by atoms with Crippen LogP contribution in [0.5, 0.6) is 0 Å². The van der Waals surface area contributed by atoms with Gasteiger partial charge >= 0.3 is 411 Å². The molecule has 2 N–H and O–H groups in total. The van der Waals surface area contributed by atoms with Crippen LogP contribution in [0, 0.1) is 0 Å². The molecule has 1 aliphatic heterocycles. The molecule has 0 atom stereocenters. The zero-order chi connectivity index (χ0) is 66.5. The van der Waals surface area contributed by atoms with E-state index in [2.05, 4.69) is 79.7 Å². The summed E-state index contributed by atoms with van der Waals surface area (Å²) in [6.07, 6.45) is 68.1. The number of fused-ring (bicyclic) bond motifs is 10. The topological polar surface area (TPSA) is 110 Å². The fourth-order valence-corrected chi connectivity index (χ4v) is 19.5. The molecule has 5 aromatic rings. The number of benzene rings is 3. The zero-order valence-electron chi connectivity index (χ0n) is 61.5. The predicted octanol–water partition coefficient (Wildman–Crippen LogP) is 22.6. The van der Waals surface area contributed by atoms with Crippen LogP contribution in [0.4, 0.5) is 0 Å². The second kappa shape index (κ2) is 41.0. The van der Waals surface area contributed by atoms with Crippen LogP contribution in [0.1, 0.15) is 412 Å². The van der Waals surface area contributed by atoms with E-state index < -0.39 is 25.4 Å². The predicted molar refractivity (Wildman–Crippen MR) is 407 cm³/mol. The Kier molecular flexibility index (Phi) is 33.8. The first-order chi connectivity index (χ1) is 45.9. The average Bonchev–Trinajstić information content (AvgIpc) is 1.52. The van der Waals surface area contributed by atoms with Gasteiger partial charge in [-0.15, -0.1) is 0 Å². The molecule has 3 aromatic carbocycles. The first-order valence-corrected chi connectivity index (χ1v) is 43.5. The van der Waals surface area contributed by atoms with Crippen LogP contribution in [0.2, 0.25) is 0 Å². The molecule has 0 bridgehead atoms. The van der Waals surface area contributed by atoms with Gasteiger partial charge in [0.15, 0.2) is 0 Å². The average molecular weight is 1420 g/mol. The van der Waals surface area contributed by atoms with Crippen molar-refractivity contribution >= 4 is 77.2 Å². The molecule has 2 aromatic heterocycles. The van der Waals surface area contributed by atoms with Gasteiger partial charge in [0.05, 0.1) is 0 Å². The molecule has 0 amide bonds. The summed E-state index contributed by atoms with van der Waals surface area (Å²) in [5, 5.41) is 22.8. The van der Waals surface area contributed by atoms with Crippen molar-refractivity contribution in [1.82, 2.24) is 15.9 Å². The maximum absolute atomic E-state index is 11.4. The Labute approximate surface area is 588 Å². The summed E-state index contributed by atoms with van der Waals surface area (Å²) in [4.78, 5) is 0. The van der Waals surface area contributed by atoms with Crippen molar-refractivity contribution in [2.24, 2.45) is 0 Å². The fraction of sp³-hybridized carbons (Fsp3) is 0.780. The van der Waals surface area contributed by atoms with Gasteiger partial charge in [0, 0.05) is 0 Å². The Balaban J connectivity index is 1.19. The Morgan fingerprint density at radius 1 is 0.330 bits per heavy atom. The van der Waals surface area contributed by atoms with Crippen LogP contribution >= 0.6 is 0 Å². The SMILES string of the molecule is CCCCCCCCCCCCCCC1(CCCCCCCCCCCCCC)c2cc3c(cc2-c2c1cc(B(O)O)c1n[se]nc21)C(CCCCCCCCCCCCCC)(CCCCCCCCCCCCCC)c1cc(B2OC(C)(C)C(C)(C)O2)c2n[se]nc2c1-3. The number of hydrogen-bond acceptors (Lipinski definition) is 8. The van der Waals surface area contributed by atoms with Crippen molar-refractivity contribution in [3.05, 3.63) is 46.5 Å². The van der Waals surface area contributed by atoms with Crippen molar-refractivity contribution in [2.75, 3.05) is 0 Å². The second-order valence-corrected chi connectivity index (χ2v) is 33.5. The molecule has 0 unspecified atom stereocenters. The van der Waals surface area contributed by atoms with Crippen molar-refractivity contribution in [3.8, 4) is 22.3 Å². The molecule has 8 nitrogen and oxygen atoms in total. The summed E-state index contributed by atoms with van der Waals surface area (Å²) in [5.41, 5.74) is 14.7. The number of hydrogen-bond donors (Lipinski definition) is 2. The Bertz CT molecular complexity index is 2880. The van der Waals surface area contributed by atoms with E-state index in [1.165, 1.54) is 340 Å². The van der Waals surface area contributed by atoms with E-state index in [0.29, 0.717) is 11.0 Å².